The van der Waals surface area contributed by atoms with Crippen molar-refractivity contribution in [1.82, 2.24) is 25.4 Å². The molecular weight excluding hydrogens is 378 g/mol. The second-order valence-corrected chi connectivity index (χ2v) is 9.06. The molecule has 0 radical (unpaired) electrons. The van der Waals surface area contributed by atoms with E-state index in [0.29, 0.717) is 18.6 Å². The quantitative estimate of drug-likeness (QED) is 0.778. The average Bonchev–Trinajstić information content (AvgIpc) is 3.31. The Morgan fingerprint density at radius 2 is 1.83 bits per heavy atom. The summed E-state index contributed by atoms with van der Waals surface area (Å²) in [5, 5.41) is 6.29. The second-order valence-electron chi connectivity index (χ2n) is 9.06. The molecule has 4 rings (SSSR count). The molecule has 7 nitrogen and oxygen atoms in total. The van der Waals surface area contributed by atoms with Gasteiger partial charge in [-0.05, 0) is 56.7 Å². The molecule has 3 amide bonds. The van der Waals surface area contributed by atoms with Gasteiger partial charge in [0, 0.05) is 50.7 Å². The number of hydrogen-bond donors (Lipinski definition) is 2. The van der Waals surface area contributed by atoms with E-state index in [-0.39, 0.29) is 17.9 Å². The Hall–Kier alpha value is -2.15. The van der Waals surface area contributed by atoms with Crippen LogP contribution in [0.5, 0.6) is 0 Å². The van der Waals surface area contributed by atoms with Gasteiger partial charge in [-0.3, -0.25) is 14.7 Å². The van der Waals surface area contributed by atoms with Gasteiger partial charge in [0.05, 0.1) is 5.92 Å². The summed E-state index contributed by atoms with van der Waals surface area (Å²) in [5.74, 6) is 0.205. The minimum atomic E-state index is 0.0547. The number of carbonyl (C=O) groups excluding carboxylic acids is 2. The van der Waals surface area contributed by atoms with Gasteiger partial charge in [-0.15, -0.1) is 0 Å². The molecule has 3 fully saturated rings. The van der Waals surface area contributed by atoms with E-state index >= 15 is 0 Å². The number of rotatable bonds is 5. The zero-order valence-corrected chi connectivity index (χ0v) is 17.9. The van der Waals surface area contributed by atoms with Crippen LogP contribution >= 0.6 is 0 Å². The van der Waals surface area contributed by atoms with Gasteiger partial charge < -0.3 is 15.5 Å². The summed E-state index contributed by atoms with van der Waals surface area (Å²) < 4.78 is 0. The summed E-state index contributed by atoms with van der Waals surface area (Å²) >= 11 is 0. The molecule has 0 bridgehead atoms. The first kappa shape index (κ1) is 21.1. The molecule has 164 valence electrons. The fourth-order valence-corrected chi connectivity index (χ4v) is 5.16. The number of urea groups is 1. The molecule has 30 heavy (non-hydrogen) atoms. The molecule has 1 aliphatic carbocycles. The first-order chi connectivity index (χ1) is 14.7. The van der Waals surface area contributed by atoms with Gasteiger partial charge in [-0.2, -0.15) is 0 Å². The highest BCUT2D eigenvalue weighted by Gasteiger charge is 2.33. The maximum Gasteiger partial charge on any atom is 0.317 e. The third-order valence-electron chi connectivity index (χ3n) is 6.96. The Morgan fingerprint density at radius 3 is 2.57 bits per heavy atom. The number of pyridine rings is 1. The van der Waals surface area contributed by atoms with Crippen molar-refractivity contribution in [2.75, 3.05) is 26.2 Å². The minimum Gasteiger partial charge on any atom is -0.352 e. The second kappa shape index (κ2) is 10.2. The van der Waals surface area contributed by atoms with Crippen LogP contribution < -0.4 is 10.6 Å². The van der Waals surface area contributed by atoms with Crippen molar-refractivity contribution in [3.8, 4) is 0 Å². The summed E-state index contributed by atoms with van der Waals surface area (Å²) in [6, 6.07) is 4.85. The number of nitrogens with zero attached hydrogens (tertiary/aromatic N) is 3. The summed E-state index contributed by atoms with van der Waals surface area (Å²) in [6.45, 7) is 4.07. The molecule has 0 unspecified atom stereocenters. The molecular formula is C23H35N5O2. The average molecular weight is 414 g/mol. The van der Waals surface area contributed by atoms with Crippen molar-refractivity contribution in [2.45, 2.75) is 70.0 Å². The van der Waals surface area contributed by atoms with Crippen LogP contribution in [0.1, 0.15) is 56.9 Å². The van der Waals surface area contributed by atoms with E-state index in [2.05, 4.69) is 20.5 Å². The predicted molar refractivity (Wildman–Crippen MR) is 116 cm³/mol. The zero-order valence-electron chi connectivity index (χ0n) is 17.9. The van der Waals surface area contributed by atoms with E-state index in [1.165, 1.54) is 12.8 Å². The van der Waals surface area contributed by atoms with Crippen LogP contribution in [-0.4, -0.2) is 65.0 Å². The van der Waals surface area contributed by atoms with Crippen molar-refractivity contribution in [1.29, 1.82) is 0 Å². The lowest BCUT2D eigenvalue weighted by Gasteiger charge is -2.42. The SMILES string of the molecule is O=C(NCc1cccnc1)[C@H]1CCCN(C2CCN(C(=O)NC3CCCC3)CC2)C1. The maximum absolute atomic E-state index is 12.7. The first-order valence-corrected chi connectivity index (χ1v) is 11.6. The van der Waals surface area contributed by atoms with Crippen LogP contribution in [0.25, 0.3) is 0 Å². The van der Waals surface area contributed by atoms with Gasteiger partial charge in [0.15, 0.2) is 0 Å². The summed E-state index contributed by atoms with van der Waals surface area (Å²) in [4.78, 5) is 33.8. The summed E-state index contributed by atoms with van der Waals surface area (Å²) in [5.41, 5.74) is 1.03. The van der Waals surface area contributed by atoms with E-state index < -0.39 is 0 Å². The highest BCUT2D eigenvalue weighted by Crippen LogP contribution is 2.25. The zero-order chi connectivity index (χ0) is 20.8. The highest BCUT2D eigenvalue weighted by molar-refractivity contribution is 5.79. The summed E-state index contributed by atoms with van der Waals surface area (Å²) in [6.07, 6.45) is 12.3. The predicted octanol–water partition coefficient (Wildman–Crippen LogP) is 2.53. The molecule has 2 saturated heterocycles. The highest BCUT2D eigenvalue weighted by atomic mass is 16.2. The molecule has 0 aromatic carbocycles. The molecule has 2 N–H and O–H groups in total. The Balaban J connectivity index is 1.21. The van der Waals surface area contributed by atoms with E-state index in [4.69, 9.17) is 0 Å². The van der Waals surface area contributed by atoms with Crippen molar-refractivity contribution in [3.05, 3.63) is 30.1 Å². The molecule has 3 heterocycles. The molecule has 1 aromatic rings. The molecule has 0 spiro atoms. The molecule has 1 saturated carbocycles. The van der Waals surface area contributed by atoms with Gasteiger partial charge in [0.2, 0.25) is 5.91 Å². The van der Waals surface area contributed by atoms with Crippen LogP contribution in [0.2, 0.25) is 0 Å². The molecule has 2 aliphatic heterocycles. The van der Waals surface area contributed by atoms with Gasteiger partial charge >= 0.3 is 6.03 Å². The van der Waals surface area contributed by atoms with Gasteiger partial charge in [0.1, 0.15) is 0 Å². The molecule has 1 atom stereocenters. The fraction of sp³-hybridized carbons (Fsp3) is 0.696. The lowest BCUT2D eigenvalue weighted by molar-refractivity contribution is -0.127. The Kier molecular flexibility index (Phi) is 7.20. The van der Waals surface area contributed by atoms with Crippen molar-refractivity contribution < 1.29 is 9.59 Å². The third kappa shape index (κ3) is 5.50. The van der Waals surface area contributed by atoms with Crippen LogP contribution in [0, 0.1) is 5.92 Å². The fourth-order valence-electron chi connectivity index (χ4n) is 5.16. The number of likely N-dealkylation sites (tertiary alicyclic amines) is 2. The van der Waals surface area contributed by atoms with Gasteiger partial charge in [0.25, 0.3) is 0 Å². The molecule has 3 aliphatic rings. The van der Waals surface area contributed by atoms with E-state index in [1.807, 2.05) is 17.0 Å². The summed E-state index contributed by atoms with van der Waals surface area (Å²) in [7, 11) is 0. The Labute approximate surface area is 179 Å². The smallest absolute Gasteiger partial charge is 0.317 e. The monoisotopic (exact) mass is 413 g/mol. The Morgan fingerprint density at radius 1 is 1.03 bits per heavy atom. The minimum absolute atomic E-state index is 0.0547. The van der Waals surface area contributed by atoms with Crippen molar-refractivity contribution in [3.63, 3.8) is 0 Å². The topological polar surface area (TPSA) is 77.6 Å². The Bertz CT molecular complexity index is 699. The number of piperidine rings is 2. The van der Waals surface area contributed by atoms with Crippen molar-refractivity contribution in [2.24, 2.45) is 5.92 Å². The normalized spacial score (nSPS) is 24.0. The third-order valence-corrected chi connectivity index (χ3v) is 6.96. The number of aromatic nitrogens is 1. The lowest BCUT2D eigenvalue weighted by Crippen LogP contribution is -2.53. The van der Waals surface area contributed by atoms with Crippen LogP contribution in [0.4, 0.5) is 4.79 Å². The molecule has 7 heteroatoms. The van der Waals surface area contributed by atoms with Crippen LogP contribution in [-0.2, 0) is 11.3 Å². The van der Waals surface area contributed by atoms with Gasteiger partial charge in [-0.25, -0.2) is 4.79 Å². The van der Waals surface area contributed by atoms with Crippen LogP contribution in [0.15, 0.2) is 24.5 Å². The molecule has 1 aromatic heterocycles. The lowest BCUT2D eigenvalue weighted by atomic mass is 9.93. The van der Waals surface area contributed by atoms with E-state index in [1.54, 1.807) is 12.4 Å². The van der Waals surface area contributed by atoms with Crippen molar-refractivity contribution >= 4 is 11.9 Å². The number of nitrogens with one attached hydrogen (secondary N) is 2. The van der Waals surface area contributed by atoms with E-state index in [0.717, 1.165) is 70.3 Å². The van der Waals surface area contributed by atoms with E-state index in [9.17, 15) is 9.59 Å². The first-order valence-electron chi connectivity index (χ1n) is 11.6. The number of amides is 3. The van der Waals surface area contributed by atoms with Crippen LogP contribution in [0.3, 0.4) is 0 Å². The van der Waals surface area contributed by atoms with Gasteiger partial charge in [-0.1, -0.05) is 18.9 Å². The standard InChI is InChI=1S/C23H35N5O2/c29-22(25-16-18-5-3-11-24-15-18)19-6-4-12-28(17-19)21-9-13-27(14-10-21)23(30)26-20-7-1-2-8-20/h3,5,11,15,19-21H,1-2,4,6-10,12-14,16-17H2,(H,25,29)(H,26,30)/t19-/m0/s1. The largest absolute Gasteiger partial charge is 0.352 e. The number of carbonyl (C=O) groups is 2. The number of hydrogen-bond acceptors (Lipinski definition) is 4. The maximum atomic E-state index is 12.7.